The predicted molar refractivity (Wildman–Crippen MR) is 151 cm³/mol. The lowest BCUT2D eigenvalue weighted by Crippen LogP contribution is -2.78. The fourth-order valence-corrected chi connectivity index (χ4v) is 8.34. The Bertz CT molecular complexity index is 1520. The van der Waals surface area contributed by atoms with Crippen LogP contribution in [0, 0.1) is 5.92 Å². The summed E-state index contributed by atoms with van der Waals surface area (Å²) in [6.45, 7) is 3.09. The highest BCUT2D eigenvalue weighted by Gasteiger charge is 2.73. The molecular formula is C33H35F3N2O5. The van der Waals surface area contributed by atoms with Crippen LogP contribution in [-0.4, -0.2) is 70.7 Å². The fourth-order valence-electron chi connectivity index (χ4n) is 8.34. The van der Waals surface area contributed by atoms with Gasteiger partial charge >= 0.3 is 12.1 Å². The maximum Gasteiger partial charge on any atom is 0.416 e. The molecular weight excluding hydrogens is 561 g/mol. The number of likely N-dealkylation sites (tertiary alicyclic amines) is 1. The molecule has 1 amide bonds. The summed E-state index contributed by atoms with van der Waals surface area (Å²) in [5.74, 6) is 0.605. The van der Waals surface area contributed by atoms with E-state index in [0.29, 0.717) is 43.1 Å². The van der Waals surface area contributed by atoms with E-state index in [0.717, 1.165) is 36.3 Å². The fraction of sp³-hybridized carbons (Fsp3) is 0.515. The average Bonchev–Trinajstić information content (AvgIpc) is 3.70. The summed E-state index contributed by atoms with van der Waals surface area (Å²) in [7, 11) is 1.67. The molecule has 3 aliphatic carbocycles. The Hall–Kier alpha value is -3.37. The van der Waals surface area contributed by atoms with Gasteiger partial charge in [0, 0.05) is 38.2 Å². The Morgan fingerprint density at radius 3 is 2.70 bits per heavy atom. The van der Waals surface area contributed by atoms with Gasteiger partial charge in [0.1, 0.15) is 6.10 Å². The first-order valence-electron chi connectivity index (χ1n) is 15.0. The number of alkyl halides is 3. The van der Waals surface area contributed by atoms with E-state index in [1.165, 1.54) is 44.1 Å². The molecule has 3 fully saturated rings. The SMILES string of the molecule is CC(=O)Oc1ccc2c3c1O[C@H]1[C@H](N(C)C(=O)/C=C/c4cccc(C(F)(F)F)c4)CC[C@@]4(O)[C@@H](C2)N(CC2CC2)CC[C@]314. The third-order valence-electron chi connectivity index (χ3n) is 10.4. The van der Waals surface area contributed by atoms with Crippen molar-refractivity contribution in [1.82, 2.24) is 9.80 Å². The number of amides is 1. The van der Waals surface area contributed by atoms with Crippen LogP contribution in [0.5, 0.6) is 11.5 Å². The largest absolute Gasteiger partial charge is 0.483 e. The van der Waals surface area contributed by atoms with Gasteiger partial charge in [-0.15, -0.1) is 0 Å². The minimum absolute atomic E-state index is 0.0891. The van der Waals surface area contributed by atoms with Gasteiger partial charge in [0.05, 0.1) is 22.6 Å². The molecule has 2 aromatic carbocycles. The van der Waals surface area contributed by atoms with Crippen LogP contribution in [0.15, 0.2) is 42.5 Å². The monoisotopic (exact) mass is 596 g/mol. The van der Waals surface area contributed by atoms with Gasteiger partial charge in [-0.25, -0.2) is 0 Å². The summed E-state index contributed by atoms with van der Waals surface area (Å²) in [6.07, 6.45) is 2.31. The lowest BCUT2D eigenvalue weighted by molar-refractivity contribution is -0.200. The van der Waals surface area contributed by atoms with E-state index in [9.17, 15) is 27.9 Å². The predicted octanol–water partition coefficient (Wildman–Crippen LogP) is 4.74. The highest BCUT2D eigenvalue weighted by molar-refractivity contribution is 5.92. The number of hydrogen-bond acceptors (Lipinski definition) is 6. The summed E-state index contributed by atoms with van der Waals surface area (Å²) in [5.41, 5.74) is -0.427. The number of halogens is 3. The highest BCUT2D eigenvalue weighted by atomic mass is 19.4. The summed E-state index contributed by atoms with van der Waals surface area (Å²) < 4.78 is 51.9. The van der Waals surface area contributed by atoms with Gasteiger partial charge in [-0.2, -0.15) is 13.2 Å². The zero-order chi connectivity index (χ0) is 30.3. The molecule has 0 radical (unpaired) electrons. The second kappa shape index (κ2) is 9.82. The Balaban J connectivity index is 1.24. The first-order valence-corrected chi connectivity index (χ1v) is 15.0. The van der Waals surface area contributed by atoms with Crippen LogP contribution < -0.4 is 9.47 Å². The standard InChI is InChI=1S/C33H35F3N2O5/c1-19(39)42-25-10-9-22-17-26-32(41)13-12-24(37(2)27(40)11-8-20-4-3-5-23(16-20)33(34,35)36)30-31(32,28(22)29(25)43-30)14-15-38(26)18-21-6-7-21/h3-5,8-11,16,21,24,26,30,41H,6-7,12-15,17-18H2,1-2H3/b11-8+/t24-,26-,30+,31+,32-/m1/s1. The van der Waals surface area contributed by atoms with Crippen molar-refractivity contribution in [3.63, 3.8) is 0 Å². The number of piperidine rings is 1. The van der Waals surface area contributed by atoms with Crippen molar-refractivity contribution < 1.29 is 37.3 Å². The van der Waals surface area contributed by atoms with Gasteiger partial charge in [0.2, 0.25) is 5.91 Å². The molecule has 2 heterocycles. The Morgan fingerprint density at radius 1 is 1.19 bits per heavy atom. The summed E-state index contributed by atoms with van der Waals surface area (Å²) in [6, 6.07) is 8.07. The number of carbonyl (C=O) groups excluding carboxylic acids is 2. The minimum Gasteiger partial charge on any atom is -0.483 e. The van der Waals surface area contributed by atoms with Gasteiger partial charge in [-0.05, 0) is 86.4 Å². The number of hydrogen-bond donors (Lipinski definition) is 1. The minimum atomic E-state index is -4.48. The van der Waals surface area contributed by atoms with E-state index in [1.807, 2.05) is 6.07 Å². The molecule has 1 spiro atoms. The zero-order valence-corrected chi connectivity index (χ0v) is 24.2. The molecule has 2 bridgehead atoms. The summed E-state index contributed by atoms with van der Waals surface area (Å²) >= 11 is 0. The second-order valence-electron chi connectivity index (χ2n) is 12.9. The van der Waals surface area contributed by atoms with Crippen LogP contribution >= 0.6 is 0 Å². The van der Waals surface area contributed by atoms with E-state index in [-0.39, 0.29) is 17.5 Å². The quantitative estimate of drug-likeness (QED) is 0.295. The maximum absolute atomic E-state index is 13.5. The smallest absolute Gasteiger partial charge is 0.416 e. The topological polar surface area (TPSA) is 79.3 Å². The van der Waals surface area contributed by atoms with E-state index < -0.39 is 40.9 Å². The third-order valence-corrected chi connectivity index (χ3v) is 10.4. The molecule has 43 heavy (non-hydrogen) atoms. The van der Waals surface area contributed by atoms with Gasteiger partial charge in [-0.1, -0.05) is 18.2 Å². The highest BCUT2D eigenvalue weighted by Crippen LogP contribution is 2.66. The lowest BCUT2D eigenvalue weighted by Gasteiger charge is -2.64. The normalized spacial score (nSPS) is 31.0. The number of carbonyl (C=O) groups is 2. The molecule has 2 aliphatic heterocycles. The number of rotatable bonds is 6. The van der Waals surface area contributed by atoms with Crippen LogP contribution in [0.4, 0.5) is 13.2 Å². The lowest BCUT2D eigenvalue weighted by atomic mass is 9.48. The second-order valence-corrected chi connectivity index (χ2v) is 12.9. The number of ether oxygens (including phenoxy) is 2. The first kappa shape index (κ1) is 28.4. The first-order chi connectivity index (χ1) is 20.4. The molecule has 2 aromatic rings. The molecule has 5 atom stereocenters. The van der Waals surface area contributed by atoms with Crippen molar-refractivity contribution in [2.75, 3.05) is 20.1 Å². The van der Waals surface area contributed by atoms with Crippen LogP contribution in [0.25, 0.3) is 6.08 Å². The summed E-state index contributed by atoms with van der Waals surface area (Å²) in [4.78, 5) is 29.5. The van der Waals surface area contributed by atoms with Gasteiger partial charge < -0.3 is 19.5 Å². The molecule has 0 unspecified atom stereocenters. The Labute approximate surface area is 248 Å². The van der Waals surface area contributed by atoms with E-state index in [4.69, 9.17) is 9.47 Å². The van der Waals surface area contributed by atoms with Crippen molar-refractivity contribution in [2.24, 2.45) is 5.92 Å². The van der Waals surface area contributed by atoms with Crippen LogP contribution in [0.1, 0.15) is 61.3 Å². The van der Waals surface area contributed by atoms with Crippen molar-refractivity contribution in [2.45, 2.75) is 80.8 Å². The van der Waals surface area contributed by atoms with Crippen molar-refractivity contribution >= 4 is 18.0 Å². The molecule has 1 N–H and O–H groups in total. The zero-order valence-electron chi connectivity index (χ0n) is 24.2. The van der Waals surface area contributed by atoms with Gasteiger partial charge in [0.25, 0.3) is 0 Å². The van der Waals surface area contributed by atoms with Crippen molar-refractivity contribution in [3.8, 4) is 11.5 Å². The van der Waals surface area contributed by atoms with Crippen LogP contribution in [-0.2, 0) is 27.6 Å². The molecule has 2 saturated carbocycles. The van der Waals surface area contributed by atoms with E-state index in [2.05, 4.69) is 4.90 Å². The molecule has 228 valence electrons. The van der Waals surface area contributed by atoms with Gasteiger partial charge in [0.15, 0.2) is 11.5 Å². The third kappa shape index (κ3) is 4.39. The van der Waals surface area contributed by atoms with Gasteiger partial charge in [-0.3, -0.25) is 14.5 Å². The van der Waals surface area contributed by atoms with Crippen molar-refractivity contribution in [1.29, 1.82) is 0 Å². The van der Waals surface area contributed by atoms with E-state index >= 15 is 0 Å². The van der Waals surface area contributed by atoms with Crippen LogP contribution in [0.2, 0.25) is 0 Å². The maximum atomic E-state index is 13.5. The van der Waals surface area contributed by atoms with Crippen LogP contribution in [0.3, 0.4) is 0 Å². The molecule has 5 aliphatic rings. The number of aliphatic hydroxyl groups is 1. The number of esters is 1. The number of benzene rings is 2. The molecule has 7 nitrogen and oxygen atoms in total. The molecule has 10 heteroatoms. The van der Waals surface area contributed by atoms with Crippen molar-refractivity contribution in [3.05, 3.63) is 64.7 Å². The number of nitrogens with zero attached hydrogens (tertiary/aromatic N) is 2. The molecule has 7 rings (SSSR count). The number of likely N-dealkylation sites (N-methyl/N-ethyl adjacent to an activating group) is 1. The molecule has 1 saturated heterocycles. The average molecular weight is 597 g/mol. The van der Waals surface area contributed by atoms with E-state index in [1.54, 1.807) is 18.0 Å². The molecule has 0 aromatic heterocycles. The summed E-state index contributed by atoms with van der Waals surface area (Å²) in [5, 5.41) is 12.7. The Morgan fingerprint density at radius 2 is 1.98 bits per heavy atom. The Kier molecular flexibility index (Phi) is 6.49.